The number of hydrogen-bond acceptors (Lipinski definition) is 4. The van der Waals surface area contributed by atoms with Gasteiger partial charge in [-0.15, -0.1) is 0 Å². The molecule has 0 amide bonds. The van der Waals surface area contributed by atoms with Crippen molar-refractivity contribution >= 4 is 5.97 Å². The topological polar surface area (TPSA) is 41.6 Å². The first-order valence-corrected chi connectivity index (χ1v) is 5.93. The van der Waals surface area contributed by atoms with Gasteiger partial charge in [-0.25, -0.2) is 0 Å². The van der Waals surface area contributed by atoms with Crippen LogP contribution in [-0.4, -0.2) is 49.7 Å². The number of esters is 1. The van der Waals surface area contributed by atoms with E-state index in [1.165, 1.54) is 0 Å². The molecule has 4 heteroatoms. The van der Waals surface area contributed by atoms with E-state index in [4.69, 9.17) is 4.74 Å². The summed E-state index contributed by atoms with van der Waals surface area (Å²) >= 11 is 0. The molecule has 0 aromatic carbocycles. The number of nitrogens with one attached hydrogen (secondary N) is 1. The van der Waals surface area contributed by atoms with Crippen LogP contribution in [0.1, 0.15) is 34.1 Å². The van der Waals surface area contributed by atoms with Crippen LogP contribution in [0.4, 0.5) is 0 Å². The molecule has 0 rings (SSSR count). The molecule has 0 aliphatic rings. The summed E-state index contributed by atoms with van der Waals surface area (Å²) in [5, 5.41) is 3.06. The third kappa shape index (κ3) is 4.49. The standard InChI is InChI=1S/C12H26N2O2/c1-7-16-11(15)12(4,13-5)8-9-14(6)10(2)3/h10,13H,7-9H2,1-6H3. The molecular weight excluding hydrogens is 204 g/mol. The van der Waals surface area contributed by atoms with Crippen molar-refractivity contribution in [3.8, 4) is 0 Å². The highest BCUT2D eigenvalue weighted by molar-refractivity contribution is 5.80. The van der Waals surface area contributed by atoms with E-state index >= 15 is 0 Å². The van der Waals surface area contributed by atoms with Gasteiger partial charge in [-0.2, -0.15) is 0 Å². The van der Waals surface area contributed by atoms with Crippen molar-refractivity contribution in [2.45, 2.75) is 45.7 Å². The summed E-state index contributed by atoms with van der Waals surface area (Å²) in [6, 6.07) is 0.489. The van der Waals surface area contributed by atoms with E-state index in [0.717, 1.165) is 13.0 Å². The van der Waals surface area contributed by atoms with Crippen LogP contribution in [0, 0.1) is 0 Å². The van der Waals surface area contributed by atoms with Gasteiger partial charge >= 0.3 is 5.97 Å². The third-order valence-electron chi connectivity index (χ3n) is 3.12. The molecule has 0 spiro atoms. The van der Waals surface area contributed by atoms with E-state index in [2.05, 4.69) is 31.1 Å². The Kier molecular flexibility index (Phi) is 6.60. The minimum absolute atomic E-state index is 0.172. The smallest absolute Gasteiger partial charge is 0.326 e. The molecule has 0 aromatic heterocycles. The van der Waals surface area contributed by atoms with Gasteiger partial charge < -0.3 is 15.0 Å². The Balaban J connectivity index is 4.31. The second-order valence-electron chi connectivity index (χ2n) is 4.63. The molecule has 0 saturated heterocycles. The van der Waals surface area contributed by atoms with E-state index in [1.807, 2.05) is 13.8 Å². The highest BCUT2D eigenvalue weighted by atomic mass is 16.5. The minimum atomic E-state index is -0.584. The van der Waals surface area contributed by atoms with Gasteiger partial charge in [0.15, 0.2) is 0 Å². The minimum Gasteiger partial charge on any atom is -0.465 e. The highest BCUT2D eigenvalue weighted by Gasteiger charge is 2.32. The first-order valence-electron chi connectivity index (χ1n) is 5.93. The number of likely N-dealkylation sites (N-methyl/N-ethyl adjacent to an activating group) is 1. The molecule has 0 heterocycles. The molecule has 1 N–H and O–H groups in total. The fourth-order valence-electron chi connectivity index (χ4n) is 1.28. The van der Waals surface area contributed by atoms with Gasteiger partial charge in [0.25, 0.3) is 0 Å². The van der Waals surface area contributed by atoms with Crippen LogP contribution in [0.3, 0.4) is 0 Å². The molecule has 0 aromatic rings. The molecular formula is C12H26N2O2. The number of rotatable bonds is 7. The molecule has 16 heavy (non-hydrogen) atoms. The Morgan fingerprint density at radius 2 is 2.06 bits per heavy atom. The Morgan fingerprint density at radius 3 is 2.44 bits per heavy atom. The lowest BCUT2D eigenvalue weighted by Gasteiger charge is -2.30. The summed E-state index contributed by atoms with van der Waals surface area (Å²) < 4.78 is 5.07. The molecule has 0 radical (unpaired) electrons. The summed E-state index contributed by atoms with van der Waals surface area (Å²) in [5.41, 5.74) is -0.584. The second kappa shape index (κ2) is 6.86. The molecule has 0 fully saturated rings. The van der Waals surface area contributed by atoms with Gasteiger partial charge in [-0.05, 0) is 48.2 Å². The average Bonchev–Trinajstić information content (AvgIpc) is 2.25. The zero-order valence-electron chi connectivity index (χ0n) is 11.5. The van der Waals surface area contributed by atoms with Crippen LogP contribution in [0.5, 0.6) is 0 Å². The first-order chi connectivity index (χ1) is 7.37. The lowest BCUT2D eigenvalue weighted by Crippen LogP contribution is -2.50. The molecule has 0 saturated carbocycles. The van der Waals surface area contributed by atoms with Gasteiger partial charge in [0, 0.05) is 12.6 Å². The van der Waals surface area contributed by atoms with Crippen molar-refractivity contribution in [1.82, 2.24) is 10.2 Å². The van der Waals surface area contributed by atoms with Crippen LogP contribution < -0.4 is 5.32 Å². The van der Waals surface area contributed by atoms with Gasteiger partial charge in [0.05, 0.1) is 6.61 Å². The first kappa shape index (κ1) is 15.4. The van der Waals surface area contributed by atoms with Gasteiger partial charge in [0.2, 0.25) is 0 Å². The van der Waals surface area contributed by atoms with E-state index in [1.54, 1.807) is 7.05 Å². The molecule has 0 bridgehead atoms. The van der Waals surface area contributed by atoms with E-state index in [-0.39, 0.29) is 5.97 Å². The lowest BCUT2D eigenvalue weighted by molar-refractivity contribution is -0.150. The fraction of sp³-hybridized carbons (Fsp3) is 0.917. The quantitative estimate of drug-likeness (QED) is 0.669. The summed E-state index contributed by atoms with van der Waals surface area (Å²) in [5.74, 6) is -0.172. The lowest BCUT2D eigenvalue weighted by atomic mass is 9.98. The van der Waals surface area contributed by atoms with Crippen molar-refractivity contribution in [2.75, 3.05) is 27.2 Å². The number of ether oxygens (including phenoxy) is 1. The molecule has 0 aliphatic carbocycles. The molecule has 4 nitrogen and oxygen atoms in total. The number of hydrogen-bond donors (Lipinski definition) is 1. The monoisotopic (exact) mass is 230 g/mol. The largest absolute Gasteiger partial charge is 0.465 e. The van der Waals surface area contributed by atoms with Gasteiger partial charge in [-0.1, -0.05) is 0 Å². The fourth-order valence-corrected chi connectivity index (χ4v) is 1.28. The Hall–Kier alpha value is -0.610. The normalized spacial score (nSPS) is 15.2. The maximum Gasteiger partial charge on any atom is 0.326 e. The highest BCUT2D eigenvalue weighted by Crippen LogP contribution is 2.13. The van der Waals surface area contributed by atoms with Crippen molar-refractivity contribution in [3.63, 3.8) is 0 Å². The Bertz CT molecular complexity index is 219. The average molecular weight is 230 g/mol. The maximum atomic E-state index is 11.8. The summed E-state index contributed by atoms with van der Waals surface area (Å²) in [7, 11) is 3.86. The van der Waals surface area contributed by atoms with Gasteiger partial charge in [0.1, 0.15) is 5.54 Å². The maximum absolute atomic E-state index is 11.8. The zero-order chi connectivity index (χ0) is 12.8. The van der Waals surface area contributed by atoms with Crippen LogP contribution in [0.25, 0.3) is 0 Å². The van der Waals surface area contributed by atoms with Crippen LogP contribution in [-0.2, 0) is 9.53 Å². The Labute approximate surface area is 99.3 Å². The summed E-state index contributed by atoms with van der Waals surface area (Å²) in [6.45, 7) is 9.29. The van der Waals surface area contributed by atoms with Crippen molar-refractivity contribution < 1.29 is 9.53 Å². The molecule has 0 aliphatic heterocycles. The predicted molar refractivity (Wildman–Crippen MR) is 66.5 cm³/mol. The molecule has 96 valence electrons. The number of carbonyl (C=O) groups is 1. The zero-order valence-corrected chi connectivity index (χ0v) is 11.5. The van der Waals surface area contributed by atoms with Crippen LogP contribution >= 0.6 is 0 Å². The molecule has 1 unspecified atom stereocenters. The van der Waals surface area contributed by atoms with E-state index in [0.29, 0.717) is 12.6 Å². The van der Waals surface area contributed by atoms with Crippen LogP contribution in [0.2, 0.25) is 0 Å². The number of nitrogens with zero attached hydrogens (tertiary/aromatic N) is 1. The van der Waals surface area contributed by atoms with Crippen molar-refractivity contribution in [2.24, 2.45) is 0 Å². The summed E-state index contributed by atoms with van der Waals surface area (Å²) in [6.07, 6.45) is 0.747. The summed E-state index contributed by atoms with van der Waals surface area (Å²) in [4.78, 5) is 14.0. The predicted octanol–water partition coefficient (Wildman–Crippen LogP) is 1.26. The van der Waals surface area contributed by atoms with Gasteiger partial charge in [-0.3, -0.25) is 4.79 Å². The SMILES string of the molecule is CCOC(=O)C(C)(CCN(C)C(C)C)NC. The van der Waals surface area contributed by atoms with Crippen molar-refractivity contribution in [3.05, 3.63) is 0 Å². The van der Waals surface area contributed by atoms with Crippen LogP contribution in [0.15, 0.2) is 0 Å². The Morgan fingerprint density at radius 1 is 1.50 bits per heavy atom. The molecule has 1 atom stereocenters. The van der Waals surface area contributed by atoms with Crippen molar-refractivity contribution in [1.29, 1.82) is 0 Å². The number of carbonyl (C=O) groups excluding carboxylic acids is 1. The third-order valence-corrected chi connectivity index (χ3v) is 3.12. The van der Waals surface area contributed by atoms with E-state index < -0.39 is 5.54 Å². The van der Waals surface area contributed by atoms with E-state index in [9.17, 15) is 4.79 Å². The second-order valence-corrected chi connectivity index (χ2v) is 4.63.